The fraction of sp³-hybridized carbons (Fsp3) is 0.0714. The molecule has 2 aromatic carbocycles. The maximum atomic E-state index is 13.5. The summed E-state index contributed by atoms with van der Waals surface area (Å²) in [5.74, 6) is -0.908. The molecule has 6 heteroatoms. The summed E-state index contributed by atoms with van der Waals surface area (Å²) >= 11 is 0. The number of nitrogens with zero attached hydrogens (tertiary/aromatic N) is 2. The largest absolute Gasteiger partial charge is 0.350 e. The first-order valence-electron chi connectivity index (χ1n) is 5.73. The molecule has 0 bridgehead atoms. The molecule has 0 aromatic heterocycles. The molecule has 2 aromatic rings. The van der Waals surface area contributed by atoms with Gasteiger partial charge in [-0.15, -0.1) is 0 Å². The average Bonchev–Trinajstić information content (AvgIpc) is 2.41. The van der Waals surface area contributed by atoms with Crippen molar-refractivity contribution in [1.29, 1.82) is 5.26 Å². The van der Waals surface area contributed by atoms with Gasteiger partial charge in [-0.3, -0.25) is 10.1 Å². The number of hydrogen-bond acceptors (Lipinski definition) is 4. The number of nitrogens with one attached hydrogen (secondary N) is 1. The van der Waals surface area contributed by atoms with Gasteiger partial charge in [-0.25, -0.2) is 0 Å². The van der Waals surface area contributed by atoms with Crippen molar-refractivity contribution in [1.82, 2.24) is 0 Å². The van der Waals surface area contributed by atoms with Crippen LogP contribution in [0.25, 0.3) is 0 Å². The molecule has 0 atom stereocenters. The van der Waals surface area contributed by atoms with Gasteiger partial charge in [-0.05, 0) is 36.8 Å². The fourth-order valence-electron chi connectivity index (χ4n) is 1.77. The second-order valence-corrected chi connectivity index (χ2v) is 4.16. The Balaban J connectivity index is 2.48. The molecule has 0 spiro atoms. The van der Waals surface area contributed by atoms with Gasteiger partial charge in [0.05, 0.1) is 16.6 Å². The first-order chi connectivity index (χ1) is 9.52. The number of benzene rings is 2. The van der Waals surface area contributed by atoms with Gasteiger partial charge in [0, 0.05) is 5.69 Å². The Labute approximate surface area is 114 Å². The van der Waals surface area contributed by atoms with E-state index >= 15 is 0 Å². The van der Waals surface area contributed by atoms with Crippen LogP contribution in [0, 0.1) is 34.2 Å². The average molecular weight is 271 g/mol. The zero-order valence-corrected chi connectivity index (χ0v) is 10.6. The molecule has 0 unspecified atom stereocenters. The second kappa shape index (κ2) is 5.36. The van der Waals surface area contributed by atoms with E-state index in [0.29, 0.717) is 11.3 Å². The third-order valence-electron chi connectivity index (χ3n) is 2.81. The molecule has 5 nitrogen and oxygen atoms in total. The first kappa shape index (κ1) is 13.5. The molecular weight excluding hydrogens is 261 g/mol. The van der Waals surface area contributed by atoms with E-state index in [1.165, 1.54) is 12.1 Å². The zero-order valence-electron chi connectivity index (χ0n) is 10.6. The number of anilines is 2. The predicted molar refractivity (Wildman–Crippen MR) is 72.2 cm³/mol. The minimum atomic E-state index is -0.908. The van der Waals surface area contributed by atoms with E-state index in [-0.39, 0.29) is 5.69 Å². The van der Waals surface area contributed by atoms with Crippen LogP contribution < -0.4 is 5.32 Å². The molecule has 1 N–H and O–H groups in total. The van der Waals surface area contributed by atoms with Crippen LogP contribution in [0.1, 0.15) is 11.1 Å². The lowest BCUT2D eigenvalue weighted by Crippen LogP contribution is -2.00. The fourth-order valence-corrected chi connectivity index (χ4v) is 1.77. The van der Waals surface area contributed by atoms with Gasteiger partial charge in [0.2, 0.25) is 5.82 Å². The molecule has 0 heterocycles. The molecule has 0 radical (unpaired) electrons. The van der Waals surface area contributed by atoms with E-state index in [1.807, 2.05) is 6.07 Å². The molecule has 0 amide bonds. The molecular formula is C14H10FN3O2. The van der Waals surface area contributed by atoms with Crippen LogP contribution in [0.4, 0.5) is 21.5 Å². The highest BCUT2D eigenvalue weighted by atomic mass is 19.1. The second-order valence-electron chi connectivity index (χ2n) is 4.16. The summed E-state index contributed by atoms with van der Waals surface area (Å²) in [5, 5.41) is 22.6. The van der Waals surface area contributed by atoms with Gasteiger partial charge in [-0.1, -0.05) is 12.1 Å². The van der Waals surface area contributed by atoms with Gasteiger partial charge in [-0.2, -0.15) is 9.65 Å². The lowest BCUT2D eigenvalue weighted by molar-refractivity contribution is -0.386. The van der Waals surface area contributed by atoms with Crippen molar-refractivity contribution in [3.05, 3.63) is 63.5 Å². The Morgan fingerprint density at radius 3 is 2.70 bits per heavy atom. The van der Waals surface area contributed by atoms with Crippen molar-refractivity contribution in [2.75, 3.05) is 5.32 Å². The van der Waals surface area contributed by atoms with Gasteiger partial charge >= 0.3 is 5.69 Å². The summed E-state index contributed by atoms with van der Waals surface area (Å²) in [6.45, 7) is 1.79. The highest BCUT2D eigenvalue weighted by Crippen LogP contribution is 2.31. The Kier molecular flexibility index (Phi) is 3.62. The highest BCUT2D eigenvalue weighted by molar-refractivity contribution is 5.72. The number of nitro benzene ring substituents is 1. The molecule has 0 aliphatic carbocycles. The van der Waals surface area contributed by atoms with Crippen molar-refractivity contribution < 1.29 is 9.31 Å². The normalized spacial score (nSPS) is 9.85. The van der Waals surface area contributed by atoms with Gasteiger partial charge in [0.25, 0.3) is 0 Å². The number of para-hydroxylation sites is 1. The minimum absolute atomic E-state index is 0.0492. The van der Waals surface area contributed by atoms with E-state index in [4.69, 9.17) is 5.26 Å². The minimum Gasteiger partial charge on any atom is -0.350 e. The van der Waals surface area contributed by atoms with Crippen molar-refractivity contribution in [3.63, 3.8) is 0 Å². The molecule has 0 aliphatic rings. The highest BCUT2D eigenvalue weighted by Gasteiger charge is 2.20. The van der Waals surface area contributed by atoms with Gasteiger partial charge in [0.15, 0.2) is 0 Å². The molecule has 2 rings (SSSR count). The van der Waals surface area contributed by atoms with E-state index in [2.05, 4.69) is 5.32 Å². The van der Waals surface area contributed by atoms with Crippen molar-refractivity contribution in [2.45, 2.75) is 6.92 Å². The SMILES string of the molecule is Cc1ccc(C#N)cc1Nc1cccc(F)c1[N+](=O)[O-]. The van der Waals surface area contributed by atoms with Crippen LogP contribution in [0.3, 0.4) is 0 Å². The molecule has 0 aliphatic heterocycles. The maximum absolute atomic E-state index is 13.5. The smallest absolute Gasteiger partial charge is 0.327 e. The maximum Gasteiger partial charge on any atom is 0.327 e. The van der Waals surface area contributed by atoms with Gasteiger partial charge < -0.3 is 5.32 Å². The lowest BCUT2D eigenvalue weighted by Gasteiger charge is -2.10. The van der Waals surface area contributed by atoms with E-state index in [1.54, 1.807) is 25.1 Å². The summed E-state index contributed by atoms with van der Waals surface area (Å²) in [6.07, 6.45) is 0. The van der Waals surface area contributed by atoms with Crippen molar-refractivity contribution in [3.8, 4) is 6.07 Å². The number of nitro groups is 1. The molecule has 0 fully saturated rings. The van der Waals surface area contributed by atoms with E-state index < -0.39 is 16.4 Å². The molecule has 100 valence electrons. The topological polar surface area (TPSA) is 79.0 Å². The summed E-state index contributed by atoms with van der Waals surface area (Å²) in [6, 6.07) is 10.7. The Morgan fingerprint density at radius 1 is 1.30 bits per heavy atom. The van der Waals surface area contributed by atoms with Crippen LogP contribution in [-0.2, 0) is 0 Å². The summed E-state index contributed by atoms with van der Waals surface area (Å²) in [7, 11) is 0. The standard InChI is InChI=1S/C14H10FN3O2/c1-9-5-6-10(8-16)7-13(9)17-12-4-2-3-11(15)14(12)18(19)20/h2-7,17H,1H3. The summed E-state index contributed by atoms with van der Waals surface area (Å²) in [5.41, 5.74) is 1.17. The molecule has 0 saturated heterocycles. The van der Waals surface area contributed by atoms with Crippen LogP contribution in [0.2, 0.25) is 0 Å². The Hall–Kier alpha value is -2.94. The molecule has 20 heavy (non-hydrogen) atoms. The Bertz CT molecular complexity index is 723. The van der Waals surface area contributed by atoms with Crippen molar-refractivity contribution >= 4 is 17.1 Å². The van der Waals surface area contributed by atoms with Crippen LogP contribution in [-0.4, -0.2) is 4.92 Å². The Morgan fingerprint density at radius 2 is 2.05 bits per heavy atom. The first-order valence-corrected chi connectivity index (χ1v) is 5.73. The van der Waals surface area contributed by atoms with Crippen LogP contribution >= 0.6 is 0 Å². The van der Waals surface area contributed by atoms with Crippen LogP contribution in [0.5, 0.6) is 0 Å². The van der Waals surface area contributed by atoms with Crippen LogP contribution in [0.15, 0.2) is 36.4 Å². The van der Waals surface area contributed by atoms with E-state index in [0.717, 1.165) is 11.6 Å². The third kappa shape index (κ3) is 2.57. The number of nitriles is 1. The zero-order chi connectivity index (χ0) is 14.7. The molecule has 0 saturated carbocycles. The number of hydrogen-bond donors (Lipinski definition) is 1. The lowest BCUT2D eigenvalue weighted by atomic mass is 10.1. The number of rotatable bonds is 3. The number of aryl methyl sites for hydroxylation is 1. The quantitative estimate of drug-likeness (QED) is 0.682. The van der Waals surface area contributed by atoms with Crippen molar-refractivity contribution in [2.24, 2.45) is 0 Å². The monoisotopic (exact) mass is 271 g/mol. The summed E-state index contributed by atoms with van der Waals surface area (Å²) in [4.78, 5) is 10.1. The van der Waals surface area contributed by atoms with Gasteiger partial charge in [0.1, 0.15) is 5.69 Å². The number of halogens is 1. The predicted octanol–water partition coefficient (Wildman–Crippen LogP) is 3.66. The van der Waals surface area contributed by atoms with E-state index in [9.17, 15) is 14.5 Å². The third-order valence-corrected chi connectivity index (χ3v) is 2.81. The summed E-state index contributed by atoms with van der Waals surface area (Å²) < 4.78 is 13.5.